The van der Waals surface area contributed by atoms with Crippen LogP contribution in [0.4, 0.5) is 0 Å². The first kappa shape index (κ1) is 40.4. The van der Waals surface area contributed by atoms with E-state index in [1.54, 1.807) is 58.0 Å². The minimum absolute atomic E-state index is 0.0219. The molecule has 3 aliphatic rings. The van der Waals surface area contributed by atoms with Gasteiger partial charge in [-0.1, -0.05) is 48.5 Å². The summed E-state index contributed by atoms with van der Waals surface area (Å²) in [6, 6.07) is 17.4. The van der Waals surface area contributed by atoms with Gasteiger partial charge >= 0.3 is 17.2 Å². The van der Waals surface area contributed by atoms with Crippen molar-refractivity contribution in [1.29, 1.82) is 0 Å². The molecule has 60 heavy (non-hydrogen) atoms. The number of esters is 1. The van der Waals surface area contributed by atoms with E-state index in [9.17, 15) is 24.6 Å². The molecule has 0 spiro atoms. The monoisotopic (exact) mass is 828 g/mol. The number of aliphatic hydroxyl groups excluding tert-OH is 2. The third kappa shape index (κ3) is 6.81. The fourth-order valence-corrected chi connectivity index (χ4v) is 8.53. The molecule has 3 aliphatic heterocycles. The molecule has 0 bridgehead atoms. The fraction of sp³-hybridized carbons (Fsp3) is 0.432. The summed E-state index contributed by atoms with van der Waals surface area (Å²) < 4.78 is 67.5. The van der Waals surface area contributed by atoms with Crippen LogP contribution in [-0.4, -0.2) is 97.9 Å². The van der Waals surface area contributed by atoms with E-state index < -0.39 is 84.9 Å². The molecule has 2 N–H and O–H groups in total. The van der Waals surface area contributed by atoms with Crippen LogP contribution < -0.4 is 20.7 Å². The van der Waals surface area contributed by atoms with Gasteiger partial charge in [0, 0.05) is 35.4 Å². The Morgan fingerprint density at radius 3 is 2.27 bits per heavy atom. The van der Waals surface area contributed by atoms with Crippen molar-refractivity contribution in [2.45, 2.75) is 102 Å². The van der Waals surface area contributed by atoms with Crippen LogP contribution >= 0.6 is 0 Å². The van der Waals surface area contributed by atoms with Gasteiger partial charge in [0.15, 0.2) is 30.0 Å². The van der Waals surface area contributed by atoms with E-state index in [4.69, 9.17) is 51.5 Å². The van der Waals surface area contributed by atoms with Crippen LogP contribution in [0.25, 0.3) is 43.5 Å². The third-order valence-corrected chi connectivity index (χ3v) is 11.5. The van der Waals surface area contributed by atoms with Crippen molar-refractivity contribution in [2.75, 3.05) is 20.3 Å². The number of methoxy groups -OCH3 is 1. The van der Waals surface area contributed by atoms with E-state index in [1.165, 1.54) is 7.11 Å². The molecular weight excluding hydrogens is 784 g/mol. The third-order valence-electron chi connectivity index (χ3n) is 11.5. The number of benzene rings is 4. The van der Waals surface area contributed by atoms with Crippen LogP contribution in [0.1, 0.15) is 44.6 Å². The summed E-state index contributed by atoms with van der Waals surface area (Å²) in [5, 5.41) is 23.1. The highest BCUT2D eigenvalue weighted by Crippen LogP contribution is 2.47. The number of carbonyl (C=O) groups excluding carboxylic acids is 1. The number of fused-ring (bicyclic) bond motifs is 3. The molecule has 11 atom stereocenters. The average molecular weight is 829 g/mol. The summed E-state index contributed by atoms with van der Waals surface area (Å²) in [7, 11) is 1.36. The van der Waals surface area contributed by atoms with Crippen molar-refractivity contribution in [2.24, 2.45) is 0 Å². The van der Waals surface area contributed by atoms with Gasteiger partial charge in [0.1, 0.15) is 47.2 Å². The molecule has 3 fully saturated rings. The molecule has 5 heterocycles. The second kappa shape index (κ2) is 16.1. The standard InChI is InChI=1S/C44H44O16/c1-6-51-18-17-26(45)56-35-23-13-10-14-24(28(23)36-30-29-25(54-41(49)31(30)35)16-15-19(2)27(29)40(48)57-36)55-44-39(60-43-33(47)37(50-5)32(46)20(3)52-43)38-34(21(4)53-44)58-42(59-38)22-11-8-7-9-12-22/h7-16,20-21,32-34,37-39,42-44,46-47H,6,17-18H2,1-5H3/t20-,21-,32+,33-,34+,37+,38+,39-,42-,43-,44+/m1/s1. The maximum Gasteiger partial charge on any atom is 0.348 e. The fourth-order valence-electron chi connectivity index (χ4n) is 8.53. The zero-order valence-electron chi connectivity index (χ0n) is 33.4. The normalized spacial score (nSPS) is 29.4. The van der Waals surface area contributed by atoms with Crippen LogP contribution in [0.3, 0.4) is 0 Å². The summed E-state index contributed by atoms with van der Waals surface area (Å²) in [4.78, 5) is 41.1. The molecule has 6 aromatic rings. The zero-order valence-corrected chi connectivity index (χ0v) is 33.4. The molecule has 16 heteroatoms. The summed E-state index contributed by atoms with van der Waals surface area (Å²) in [5.74, 6) is -0.719. The van der Waals surface area contributed by atoms with Gasteiger partial charge in [-0.05, 0) is 45.4 Å². The van der Waals surface area contributed by atoms with E-state index in [0.717, 1.165) is 5.56 Å². The summed E-state index contributed by atoms with van der Waals surface area (Å²) in [6.07, 6.45) is -11.4. The molecule has 16 nitrogen and oxygen atoms in total. The van der Waals surface area contributed by atoms with Gasteiger partial charge in [-0.2, -0.15) is 0 Å². The number of aliphatic hydroxyl groups is 2. The highest BCUT2D eigenvalue weighted by atomic mass is 16.8. The van der Waals surface area contributed by atoms with Crippen molar-refractivity contribution in [1.82, 2.24) is 0 Å². The molecule has 0 amide bonds. The Bertz CT molecular complexity index is 2660. The summed E-state index contributed by atoms with van der Waals surface area (Å²) in [5.41, 5.74) is -0.0802. The maximum atomic E-state index is 13.9. The molecule has 2 aromatic heterocycles. The lowest BCUT2D eigenvalue weighted by Crippen LogP contribution is -2.63. The molecular formula is C44H44O16. The quantitative estimate of drug-likeness (QED) is 0.0452. The van der Waals surface area contributed by atoms with Gasteiger partial charge in [-0.15, -0.1) is 0 Å². The predicted octanol–water partition coefficient (Wildman–Crippen LogP) is 4.76. The number of carbonyl (C=O) groups is 1. The number of aryl methyl sites for hydroxylation is 1. The van der Waals surface area contributed by atoms with Gasteiger partial charge < -0.3 is 61.7 Å². The smallest absolute Gasteiger partial charge is 0.348 e. The predicted molar refractivity (Wildman–Crippen MR) is 212 cm³/mol. The molecule has 3 saturated heterocycles. The number of hydrogen-bond acceptors (Lipinski definition) is 16. The van der Waals surface area contributed by atoms with E-state index in [1.807, 2.05) is 30.3 Å². The Labute approximate surface area is 341 Å². The molecule has 0 radical (unpaired) electrons. The molecule has 9 rings (SSSR count). The Hall–Kier alpha value is -5.01. The maximum absolute atomic E-state index is 13.9. The molecule has 0 aliphatic carbocycles. The highest BCUT2D eigenvalue weighted by Gasteiger charge is 2.56. The molecule has 4 aromatic carbocycles. The van der Waals surface area contributed by atoms with E-state index in [-0.39, 0.29) is 62.6 Å². The SMILES string of the molecule is CCOCCC(=O)Oc1c2cccc(O[C@@H]3O[C@H](C)[C@@H]4O[C@@H](c5ccccc5)O[C@@H]4[C@H]3O[C@H]3O[C@H](C)[C@H](O)[C@H](OC)[C@H]3O)c2c2oc(=O)c3c(C)ccc4oc(=O)c1c2c43. The summed E-state index contributed by atoms with van der Waals surface area (Å²) in [6.45, 7) is 7.42. The minimum atomic E-state index is -1.45. The summed E-state index contributed by atoms with van der Waals surface area (Å²) >= 11 is 0. The van der Waals surface area contributed by atoms with Gasteiger partial charge in [0.25, 0.3) is 0 Å². The van der Waals surface area contributed by atoms with Crippen LogP contribution in [0.5, 0.6) is 11.5 Å². The lowest BCUT2D eigenvalue weighted by atomic mass is 9.95. The van der Waals surface area contributed by atoms with Gasteiger partial charge in [-0.3, -0.25) is 4.79 Å². The van der Waals surface area contributed by atoms with Crippen molar-refractivity contribution in [3.63, 3.8) is 0 Å². The van der Waals surface area contributed by atoms with E-state index in [2.05, 4.69) is 0 Å². The Kier molecular flexibility index (Phi) is 10.9. The largest absolute Gasteiger partial charge is 0.461 e. The number of hydrogen-bond donors (Lipinski definition) is 2. The van der Waals surface area contributed by atoms with Crippen molar-refractivity contribution in [3.8, 4) is 11.5 Å². The first-order valence-electron chi connectivity index (χ1n) is 19.9. The zero-order chi connectivity index (χ0) is 42.0. The number of ether oxygens (including phenoxy) is 9. The highest BCUT2D eigenvalue weighted by molar-refractivity contribution is 6.29. The second-order valence-corrected chi connectivity index (χ2v) is 15.2. The number of rotatable bonds is 11. The average Bonchev–Trinajstić information content (AvgIpc) is 3.69. The van der Waals surface area contributed by atoms with Crippen molar-refractivity contribution < 1.29 is 66.5 Å². The van der Waals surface area contributed by atoms with Gasteiger partial charge in [0.2, 0.25) is 6.29 Å². The van der Waals surface area contributed by atoms with Crippen LogP contribution in [-0.2, 0) is 38.0 Å². The van der Waals surface area contributed by atoms with Crippen LogP contribution in [0.2, 0.25) is 0 Å². The van der Waals surface area contributed by atoms with E-state index >= 15 is 0 Å². The minimum Gasteiger partial charge on any atom is -0.461 e. The molecule has 316 valence electrons. The van der Waals surface area contributed by atoms with Crippen molar-refractivity contribution >= 4 is 49.5 Å². The van der Waals surface area contributed by atoms with Crippen LogP contribution in [0.15, 0.2) is 79.1 Å². The topological polar surface area (TPSA) is 201 Å². The Balaban J connectivity index is 1.20. The van der Waals surface area contributed by atoms with Gasteiger partial charge in [-0.25, -0.2) is 9.59 Å². The Morgan fingerprint density at radius 2 is 1.50 bits per heavy atom. The van der Waals surface area contributed by atoms with Crippen LogP contribution in [0, 0.1) is 6.92 Å². The van der Waals surface area contributed by atoms with E-state index in [0.29, 0.717) is 17.6 Å². The molecule has 0 unspecified atom stereocenters. The molecule has 0 saturated carbocycles. The first-order chi connectivity index (χ1) is 29.0. The second-order valence-electron chi connectivity index (χ2n) is 15.2. The first-order valence-corrected chi connectivity index (χ1v) is 19.9. The Morgan fingerprint density at radius 1 is 0.750 bits per heavy atom. The lowest BCUT2D eigenvalue weighted by molar-refractivity contribution is -0.346. The van der Waals surface area contributed by atoms with Gasteiger partial charge in [0.05, 0.1) is 36.0 Å². The lowest BCUT2D eigenvalue weighted by Gasteiger charge is -2.45. The van der Waals surface area contributed by atoms with Crippen molar-refractivity contribution in [3.05, 3.63) is 92.6 Å².